The number of hydrogen-bond acceptors (Lipinski definition) is 1. The predicted molar refractivity (Wildman–Crippen MR) is 77.8 cm³/mol. The number of nitrogens with zero attached hydrogens (tertiary/aromatic N) is 2. The lowest BCUT2D eigenvalue weighted by Gasteiger charge is -2.36. The number of aromatic nitrogens is 2. The summed E-state index contributed by atoms with van der Waals surface area (Å²) in [6, 6.07) is 2.62. The Morgan fingerprint density at radius 1 is 1.22 bits per heavy atom. The van der Waals surface area contributed by atoms with Gasteiger partial charge in [-0.25, -0.2) is 0 Å². The Bertz CT molecular complexity index is 544. The van der Waals surface area contributed by atoms with E-state index in [4.69, 9.17) is 0 Å². The molecule has 2 aromatic heterocycles. The van der Waals surface area contributed by atoms with Crippen molar-refractivity contribution in [2.45, 2.75) is 47.6 Å². The minimum atomic E-state index is 0.246. The van der Waals surface area contributed by atoms with E-state index in [1.54, 1.807) is 0 Å². The molecule has 1 atom stereocenters. The Hall–Kier alpha value is -1.31. The molecular weight excluding hydrogens is 220 g/mol. The molecule has 2 heterocycles. The first-order valence-corrected chi connectivity index (χ1v) is 6.73. The summed E-state index contributed by atoms with van der Waals surface area (Å²) in [5, 5.41) is 1.27. The molecule has 2 rings (SSSR count). The molecule has 2 aromatic rings. The second-order valence-electron chi connectivity index (χ2n) is 6.67. The summed E-state index contributed by atoms with van der Waals surface area (Å²) in [4.78, 5) is 4.24. The van der Waals surface area contributed by atoms with Gasteiger partial charge in [-0.05, 0) is 29.9 Å². The summed E-state index contributed by atoms with van der Waals surface area (Å²) in [5.74, 6) is 0.605. The number of aryl methyl sites for hydroxylation is 1. The minimum Gasteiger partial charge on any atom is -0.343 e. The number of hydrogen-bond donors (Lipinski definition) is 0. The molecule has 2 nitrogen and oxygen atoms in total. The number of rotatable bonds is 2. The van der Waals surface area contributed by atoms with Gasteiger partial charge in [0.1, 0.15) is 0 Å². The Balaban J connectivity index is 2.66. The summed E-state index contributed by atoms with van der Waals surface area (Å²) < 4.78 is 2.44. The maximum Gasteiger partial charge on any atom is 0.0516 e. The lowest BCUT2D eigenvalue weighted by atomic mass is 9.80. The molecular formula is C16H24N2. The van der Waals surface area contributed by atoms with Crippen LogP contribution < -0.4 is 0 Å². The maximum atomic E-state index is 4.24. The van der Waals surface area contributed by atoms with Crippen LogP contribution in [0.1, 0.15) is 46.2 Å². The fraction of sp³-hybridized carbons (Fsp3) is 0.562. The highest BCUT2D eigenvalue weighted by molar-refractivity contribution is 5.82. The smallest absolute Gasteiger partial charge is 0.0516 e. The Morgan fingerprint density at radius 2 is 1.89 bits per heavy atom. The van der Waals surface area contributed by atoms with Crippen molar-refractivity contribution in [3.05, 3.63) is 30.2 Å². The third-order valence-corrected chi connectivity index (χ3v) is 3.65. The molecule has 1 unspecified atom stereocenters. The quantitative estimate of drug-likeness (QED) is 0.755. The Labute approximate surface area is 110 Å². The molecule has 0 aromatic carbocycles. The van der Waals surface area contributed by atoms with Crippen molar-refractivity contribution in [1.82, 2.24) is 9.55 Å². The van der Waals surface area contributed by atoms with Crippen LogP contribution in [-0.2, 0) is 0 Å². The molecule has 0 saturated carbocycles. The molecule has 0 spiro atoms. The van der Waals surface area contributed by atoms with E-state index >= 15 is 0 Å². The topological polar surface area (TPSA) is 17.8 Å². The molecule has 0 aliphatic heterocycles. The van der Waals surface area contributed by atoms with E-state index < -0.39 is 0 Å². The fourth-order valence-electron chi connectivity index (χ4n) is 3.23. The van der Waals surface area contributed by atoms with Gasteiger partial charge in [0.25, 0.3) is 0 Å². The normalized spacial score (nSPS) is 14.4. The molecule has 98 valence electrons. The molecule has 0 aliphatic rings. The van der Waals surface area contributed by atoms with Crippen molar-refractivity contribution in [3.8, 4) is 0 Å². The Kier molecular flexibility index (Phi) is 3.22. The number of pyridine rings is 1. The molecule has 0 fully saturated rings. The van der Waals surface area contributed by atoms with Crippen LogP contribution in [0.5, 0.6) is 0 Å². The highest BCUT2D eigenvalue weighted by atomic mass is 15.0. The van der Waals surface area contributed by atoms with Gasteiger partial charge >= 0.3 is 0 Å². The summed E-state index contributed by atoms with van der Waals surface area (Å²) >= 11 is 0. The van der Waals surface area contributed by atoms with Crippen molar-refractivity contribution in [1.29, 1.82) is 0 Å². The molecule has 0 N–H and O–H groups in total. The summed E-state index contributed by atoms with van der Waals surface area (Å²) in [6.45, 7) is 13.7. The fourth-order valence-corrected chi connectivity index (χ4v) is 3.23. The van der Waals surface area contributed by atoms with Crippen molar-refractivity contribution >= 4 is 10.9 Å². The van der Waals surface area contributed by atoms with Gasteiger partial charge in [-0.15, -0.1) is 0 Å². The van der Waals surface area contributed by atoms with Gasteiger partial charge in [0.15, 0.2) is 0 Å². The third-order valence-electron chi connectivity index (χ3n) is 3.65. The second kappa shape index (κ2) is 4.42. The first-order chi connectivity index (χ1) is 8.32. The highest BCUT2D eigenvalue weighted by Crippen LogP contribution is 2.39. The predicted octanol–water partition coefficient (Wildman–Crippen LogP) is 4.59. The SMILES string of the molecule is Cc1cn(C(C(C)C)C(C)(C)C)c2ccncc12. The largest absolute Gasteiger partial charge is 0.343 e. The highest BCUT2D eigenvalue weighted by Gasteiger charge is 2.30. The zero-order chi connectivity index (χ0) is 13.5. The second-order valence-corrected chi connectivity index (χ2v) is 6.67. The summed E-state index contributed by atoms with van der Waals surface area (Å²) in [5.41, 5.74) is 2.86. The van der Waals surface area contributed by atoms with Gasteiger partial charge in [0, 0.05) is 30.0 Å². The van der Waals surface area contributed by atoms with Crippen molar-refractivity contribution < 1.29 is 0 Å². The van der Waals surface area contributed by atoms with Crippen LogP contribution in [-0.4, -0.2) is 9.55 Å². The zero-order valence-corrected chi connectivity index (χ0v) is 12.4. The molecule has 0 saturated heterocycles. The number of fused-ring (bicyclic) bond motifs is 1. The van der Waals surface area contributed by atoms with Gasteiger partial charge in [-0.3, -0.25) is 4.98 Å². The van der Waals surface area contributed by atoms with E-state index in [0.29, 0.717) is 12.0 Å². The van der Waals surface area contributed by atoms with Crippen LogP contribution in [0.15, 0.2) is 24.7 Å². The van der Waals surface area contributed by atoms with Crippen LogP contribution in [0.4, 0.5) is 0 Å². The third kappa shape index (κ3) is 2.16. The average Bonchev–Trinajstić information content (AvgIpc) is 2.55. The van der Waals surface area contributed by atoms with E-state index in [-0.39, 0.29) is 5.41 Å². The van der Waals surface area contributed by atoms with Crippen LogP contribution in [0.3, 0.4) is 0 Å². The van der Waals surface area contributed by atoms with Crippen LogP contribution in [0.25, 0.3) is 10.9 Å². The van der Waals surface area contributed by atoms with Gasteiger partial charge in [-0.1, -0.05) is 34.6 Å². The van der Waals surface area contributed by atoms with Crippen LogP contribution >= 0.6 is 0 Å². The molecule has 0 bridgehead atoms. The molecule has 0 radical (unpaired) electrons. The molecule has 0 amide bonds. The van der Waals surface area contributed by atoms with Gasteiger partial charge in [-0.2, -0.15) is 0 Å². The van der Waals surface area contributed by atoms with E-state index in [1.807, 2.05) is 12.4 Å². The summed E-state index contributed by atoms with van der Waals surface area (Å²) in [6.07, 6.45) is 6.14. The van der Waals surface area contributed by atoms with Gasteiger partial charge in [0.05, 0.1) is 5.52 Å². The molecule has 18 heavy (non-hydrogen) atoms. The van der Waals surface area contributed by atoms with Crippen molar-refractivity contribution in [3.63, 3.8) is 0 Å². The van der Waals surface area contributed by atoms with Gasteiger partial charge < -0.3 is 4.57 Å². The van der Waals surface area contributed by atoms with Crippen molar-refractivity contribution in [2.75, 3.05) is 0 Å². The van der Waals surface area contributed by atoms with Crippen LogP contribution in [0, 0.1) is 18.3 Å². The lowest BCUT2D eigenvalue weighted by molar-refractivity contribution is 0.189. The van der Waals surface area contributed by atoms with E-state index in [2.05, 4.69) is 63.4 Å². The van der Waals surface area contributed by atoms with E-state index in [1.165, 1.54) is 16.5 Å². The standard InChI is InChI=1S/C16H24N2/c1-11(2)15(16(4,5)6)18-10-12(3)13-9-17-8-7-14(13)18/h7-11,15H,1-6H3. The monoisotopic (exact) mass is 244 g/mol. The molecule has 2 heteroatoms. The zero-order valence-electron chi connectivity index (χ0n) is 12.4. The van der Waals surface area contributed by atoms with Crippen LogP contribution in [0.2, 0.25) is 0 Å². The van der Waals surface area contributed by atoms with Crippen molar-refractivity contribution in [2.24, 2.45) is 11.3 Å². The van der Waals surface area contributed by atoms with Gasteiger partial charge in [0.2, 0.25) is 0 Å². The summed E-state index contributed by atoms with van der Waals surface area (Å²) in [7, 11) is 0. The minimum absolute atomic E-state index is 0.246. The lowest BCUT2D eigenvalue weighted by Crippen LogP contribution is -2.28. The van der Waals surface area contributed by atoms with E-state index in [0.717, 1.165) is 0 Å². The first-order valence-electron chi connectivity index (χ1n) is 6.73. The molecule has 0 aliphatic carbocycles. The maximum absolute atomic E-state index is 4.24. The van der Waals surface area contributed by atoms with E-state index in [9.17, 15) is 0 Å². The first kappa shape index (κ1) is 13.1. The Morgan fingerprint density at radius 3 is 2.44 bits per heavy atom. The average molecular weight is 244 g/mol.